The molecule has 0 aromatic heterocycles. The van der Waals surface area contributed by atoms with E-state index in [1.165, 1.54) is 12.8 Å². The van der Waals surface area contributed by atoms with Crippen LogP contribution in [0.4, 0.5) is 0 Å². The Morgan fingerprint density at radius 2 is 1.85 bits per heavy atom. The van der Waals surface area contributed by atoms with Crippen molar-refractivity contribution >= 4 is 0 Å². The minimum absolute atomic E-state index is 0.341. The molecule has 0 bridgehead atoms. The molecule has 0 amide bonds. The number of nitrogens with one attached hydrogen (secondary N) is 1. The SMILES string of the molecule is CCC(C)CC(COC(C)C)NC. The molecule has 0 saturated carbocycles. The van der Waals surface area contributed by atoms with E-state index in [2.05, 4.69) is 33.0 Å². The van der Waals surface area contributed by atoms with E-state index in [9.17, 15) is 0 Å². The first-order valence-corrected chi connectivity index (χ1v) is 5.39. The molecular formula is C11H25NO. The van der Waals surface area contributed by atoms with Crippen LogP contribution in [0.1, 0.15) is 40.5 Å². The standard InChI is InChI=1S/C11H25NO/c1-6-10(4)7-11(12-5)8-13-9(2)3/h9-12H,6-8H2,1-5H3. The van der Waals surface area contributed by atoms with E-state index in [0.717, 1.165) is 12.5 Å². The van der Waals surface area contributed by atoms with Gasteiger partial charge in [0.2, 0.25) is 0 Å². The van der Waals surface area contributed by atoms with Crippen molar-refractivity contribution in [3.05, 3.63) is 0 Å². The fourth-order valence-corrected chi connectivity index (χ4v) is 1.23. The molecule has 1 N–H and O–H groups in total. The molecule has 0 aliphatic heterocycles. The van der Waals surface area contributed by atoms with Crippen molar-refractivity contribution in [1.29, 1.82) is 0 Å². The third-order valence-corrected chi connectivity index (χ3v) is 2.42. The lowest BCUT2D eigenvalue weighted by atomic mass is 10.00. The second-order valence-corrected chi connectivity index (χ2v) is 4.12. The van der Waals surface area contributed by atoms with Crippen LogP contribution < -0.4 is 5.32 Å². The molecule has 0 saturated heterocycles. The number of rotatable bonds is 7. The molecule has 0 radical (unpaired) electrons. The highest BCUT2D eigenvalue weighted by atomic mass is 16.5. The number of ether oxygens (including phenoxy) is 1. The Balaban J connectivity index is 3.62. The van der Waals surface area contributed by atoms with Crippen molar-refractivity contribution in [2.24, 2.45) is 5.92 Å². The van der Waals surface area contributed by atoms with Gasteiger partial charge in [0.15, 0.2) is 0 Å². The Labute approximate surface area is 83.1 Å². The van der Waals surface area contributed by atoms with E-state index < -0.39 is 0 Å². The minimum atomic E-state index is 0.341. The second-order valence-electron chi connectivity index (χ2n) is 4.12. The van der Waals surface area contributed by atoms with Gasteiger partial charge in [-0.1, -0.05) is 20.3 Å². The number of hydrogen-bond donors (Lipinski definition) is 1. The van der Waals surface area contributed by atoms with Crippen LogP contribution in [0.3, 0.4) is 0 Å². The summed E-state index contributed by atoms with van der Waals surface area (Å²) in [4.78, 5) is 0. The van der Waals surface area contributed by atoms with E-state index in [4.69, 9.17) is 4.74 Å². The van der Waals surface area contributed by atoms with Crippen LogP contribution in [0.2, 0.25) is 0 Å². The molecule has 0 aromatic rings. The van der Waals surface area contributed by atoms with Crippen molar-refractivity contribution in [1.82, 2.24) is 5.32 Å². The Kier molecular flexibility index (Phi) is 7.29. The van der Waals surface area contributed by atoms with Crippen molar-refractivity contribution in [2.75, 3.05) is 13.7 Å². The minimum Gasteiger partial charge on any atom is -0.377 e. The van der Waals surface area contributed by atoms with Crippen molar-refractivity contribution in [3.63, 3.8) is 0 Å². The zero-order chi connectivity index (χ0) is 10.3. The van der Waals surface area contributed by atoms with Gasteiger partial charge in [0.25, 0.3) is 0 Å². The second kappa shape index (κ2) is 7.34. The summed E-state index contributed by atoms with van der Waals surface area (Å²) in [5.74, 6) is 0.785. The van der Waals surface area contributed by atoms with E-state index in [-0.39, 0.29) is 0 Å². The molecule has 0 fully saturated rings. The fraction of sp³-hybridized carbons (Fsp3) is 1.00. The van der Waals surface area contributed by atoms with Crippen LogP contribution in [0, 0.1) is 5.92 Å². The maximum absolute atomic E-state index is 5.58. The van der Waals surface area contributed by atoms with Crippen LogP contribution in [0.25, 0.3) is 0 Å². The van der Waals surface area contributed by atoms with Gasteiger partial charge >= 0.3 is 0 Å². The van der Waals surface area contributed by atoms with Gasteiger partial charge in [0, 0.05) is 6.04 Å². The predicted octanol–water partition coefficient (Wildman–Crippen LogP) is 2.44. The monoisotopic (exact) mass is 187 g/mol. The lowest BCUT2D eigenvalue weighted by Crippen LogP contribution is -2.33. The lowest BCUT2D eigenvalue weighted by Gasteiger charge is -2.20. The molecule has 2 unspecified atom stereocenters. The van der Waals surface area contributed by atoms with Crippen LogP contribution >= 0.6 is 0 Å². The molecule has 13 heavy (non-hydrogen) atoms. The number of likely N-dealkylation sites (N-methyl/N-ethyl adjacent to an activating group) is 1. The summed E-state index contributed by atoms with van der Waals surface area (Å²) < 4.78 is 5.58. The Morgan fingerprint density at radius 3 is 2.23 bits per heavy atom. The molecule has 2 atom stereocenters. The Hall–Kier alpha value is -0.0800. The van der Waals surface area contributed by atoms with Gasteiger partial charge in [-0.3, -0.25) is 0 Å². The first-order chi connectivity index (χ1) is 6.10. The molecule has 80 valence electrons. The largest absolute Gasteiger partial charge is 0.377 e. The van der Waals surface area contributed by atoms with E-state index >= 15 is 0 Å². The van der Waals surface area contributed by atoms with Crippen LogP contribution in [-0.4, -0.2) is 25.8 Å². The molecule has 0 aliphatic carbocycles. The van der Waals surface area contributed by atoms with Gasteiger partial charge in [-0.15, -0.1) is 0 Å². The van der Waals surface area contributed by atoms with Gasteiger partial charge in [-0.2, -0.15) is 0 Å². The smallest absolute Gasteiger partial charge is 0.0623 e. The zero-order valence-electron chi connectivity index (χ0n) is 9.76. The van der Waals surface area contributed by atoms with Gasteiger partial charge in [0.1, 0.15) is 0 Å². The van der Waals surface area contributed by atoms with E-state index in [0.29, 0.717) is 12.1 Å². The average molecular weight is 187 g/mol. The summed E-state index contributed by atoms with van der Waals surface area (Å²) in [6.45, 7) is 9.52. The molecular weight excluding hydrogens is 162 g/mol. The number of hydrogen-bond acceptors (Lipinski definition) is 2. The molecule has 2 heteroatoms. The first kappa shape index (κ1) is 12.9. The van der Waals surface area contributed by atoms with Crippen molar-refractivity contribution in [2.45, 2.75) is 52.7 Å². The summed E-state index contributed by atoms with van der Waals surface area (Å²) in [5, 5.41) is 3.30. The Morgan fingerprint density at radius 1 is 1.23 bits per heavy atom. The maximum atomic E-state index is 5.58. The first-order valence-electron chi connectivity index (χ1n) is 5.39. The Bertz CT molecular complexity index is 115. The quantitative estimate of drug-likeness (QED) is 0.661. The molecule has 0 aliphatic rings. The highest BCUT2D eigenvalue weighted by Gasteiger charge is 2.10. The molecule has 0 heterocycles. The van der Waals surface area contributed by atoms with Crippen LogP contribution in [0.5, 0.6) is 0 Å². The van der Waals surface area contributed by atoms with E-state index in [1.807, 2.05) is 7.05 Å². The van der Waals surface area contributed by atoms with Crippen molar-refractivity contribution < 1.29 is 4.74 Å². The van der Waals surface area contributed by atoms with E-state index in [1.54, 1.807) is 0 Å². The van der Waals surface area contributed by atoms with Crippen molar-refractivity contribution in [3.8, 4) is 0 Å². The maximum Gasteiger partial charge on any atom is 0.0623 e. The van der Waals surface area contributed by atoms with Crippen LogP contribution in [0.15, 0.2) is 0 Å². The highest BCUT2D eigenvalue weighted by molar-refractivity contribution is 4.67. The average Bonchev–Trinajstić information content (AvgIpc) is 2.11. The highest BCUT2D eigenvalue weighted by Crippen LogP contribution is 2.10. The molecule has 0 rings (SSSR count). The predicted molar refractivity (Wildman–Crippen MR) is 58.0 cm³/mol. The van der Waals surface area contributed by atoms with Crippen LogP contribution in [-0.2, 0) is 4.74 Å². The molecule has 0 spiro atoms. The third-order valence-electron chi connectivity index (χ3n) is 2.42. The van der Waals surface area contributed by atoms with Gasteiger partial charge in [-0.05, 0) is 33.2 Å². The molecule has 0 aromatic carbocycles. The third kappa shape index (κ3) is 7.03. The normalized spacial score (nSPS) is 16.2. The summed E-state index contributed by atoms with van der Waals surface area (Å²) >= 11 is 0. The zero-order valence-corrected chi connectivity index (χ0v) is 9.76. The summed E-state index contributed by atoms with van der Waals surface area (Å²) in [6, 6.07) is 0.511. The fourth-order valence-electron chi connectivity index (χ4n) is 1.23. The van der Waals surface area contributed by atoms with Gasteiger partial charge in [-0.25, -0.2) is 0 Å². The topological polar surface area (TPSA) is 21.3 Å². The van der Waals surface area contributed by atoms with Gasteiger partial charge in [0.05, 0.1) is 12.7 Å². The lowest BCUT2D eigenvalue weighted by molar-refractivity contribution is 0.0580. The molecule has 2 nitrogen and oxygen atoms in total. The van der Waals surface area contributed by atoms with Gasteiger partial charge < -0.3 is 10.1 Å². The summed E-state index contributed by atoms with van der Waals surface area (Å²) in [5.41, 5.74) is 0. The summed E-state index contributed by atoms with van der Waals surface area (Å²) in [6.07, 6.45) is 2.80. The summed E-state index contributed by atoms with van der Waals surface area (Å²) in [7, 11) is 2.01.